The fraction of sp³-hybridized carbons (Fsp3) is 0.0370. The van der Waals surface area contributed by atoms with Gasteiger partial charge in [-0.3, -0.25) is 0 Å². The number of para-hydroxylation sites is 4. The summed E-state index contributed by atoms with van der Waals surface area (Å²) >= 11 is 0. The summed E-state index contributed by atoms with van der Waals surface area (Å²) in [7, 11) is 0. The van der Waals surface area contributed by atoms with Crippen LogP contribution in [0.25, 0.3) is 11.1 Å². The normalized spacial score (nSPS) is 10.0. The third-order valence-electron chi connectivity index (χ3n) is 9.11. The van der Waals surface area contributed by atoms with Gasteiger partial charge >= 0.3 is 0 Å². The van der Waals surface area contributed by atoms with Crippen LogP contribution >= 0.6 is 0 Å². The van der Waals surface area contributed by atoms with E-state index in [9.17, 15) is 0 Å². The number of anilines is 6. The highest BCUT2D eigenvalue weighted by Crippen LogP contribution is 2.35. The molecule has 8 aromatic carbocycles. The first-order valence-electron chi connectivity index (χ1n) is 19.0. The molecule has 56 heavy (non-hydrogen) atoms. The SMILES string of the molecule is C(#Cc1ccc(N(c2ccccc2)c2ccccc2)cc1)c1ccc(-c2ccc(C#Cc3ccc(N(c4ccccc4)c4ccccc4)cc3)cc2)cc1.CC. The van der Waals surface area contributed by atoms with Gasteiger partial charge in [0.1, 0.15) is 0 Å². The average Bonchev–Trinajstić information content (AvgIpc) is 3.29. The van der Waals surface area contributed by atoms with E-state index in [1.54, 1.807) is 0 Å². The van der Waals surface area contributed by atoms with Gasteiger partial charge in [-0.25, -0.2) is 0 Å². The van der Waals surface area contributed by atoms with Crippen molar-refractivity contribution in [2.24, 2.45) is 0 Å². The van der Waals surface area contributed by atoms with E-state index < -0.39 is 0 Å². The Balaban J connectivity index is 0.00000237. The van der Waals surface area contributed by atoms with Crippen LogP contribution in [-0.4, -0.2) is 0 Å². The lowest BCUT2D eigenvalue weighted by Crippen LogP contribution is -2.09. The molecule has 2 heteroatoms. The predicted molar refractivity (Wildman–Crippen MR) is 237 cm³/mol. The third kappa shape index (κ3) is 9.15. The van der Waals surface area contributed by atoms with Crippen molar-refractivity contribution in [2.75, 3.05) is 9.80 Å². The lowest BCUT2D eigenvalue weighted by Gasteiger charge is -2.25. The second-order valence-corrected chi connectivity index (χ2v) is 12.8. The maximum atomic E-state index is 3.34. The van der Waals surface area contributed by atoms with Gasteiger partial charge in [0.05, 0.1) is 0 Å². The summed E-state index contributed by atoms with van der Waals surface area (Å²) in [6, 6.07) is 75.4. The van der Waals surface area contributed by atoms with Gasteiger partial charge in [-0.1, -0.05) is 135 Å². The molecular formula is C54H42N2. The number of benzene rings is 8. The lowest BCUT2D eigenvalue weighted by atomic mass is 10.0. The summed E-state index contributed by atoms with van der Waals surface area (Å²) in [5, 5.41) is 0. The van der Waals surface area contributed by atoms with Crippen LogP contribution in [0.2, 0.25) is 0 Å². The quantitative estimate of drug-likeness (QED) is 0.151. The van der Waals surface area contributed by atoms with Crippen LogP contribution in [0.3, 0.4) is 0 Å². The van der Waals surface area contributed by atoms with E-state index in [-0.39, 0.29) is 0 Å². The molecule has 0 saturated carbocycles. The molecule has 0 aliphatic heterocycles. The third-order valence-corrected chi connectivity index (χ3v) is 9.11. The molecule has 0 fully saturated rings. The summed E-state index contributed by atoms with van der Waals surface area (Å²) in [6.45, 7) is 4.00. The van der Waals surface area contributed by atoms with Gasteiger partial charge in [-0.2, -0.15) is 0 Å². The summed E-state index contributed by atoms with van der Waals surface area (Å²) in [5.74, 6) is 13.3. The second-order valence-electron chi connectivity index (χ2n) is 12.8. The number of rotatable bonds is 7. The number of nitrogens with zero attached hydrogens (tertiary/aromatic N) is 2. The number of hydrogen-bond acceptors (Lipinski definition) is 2. The highest BCUT2D eigenvalue weighted by atomic mass is 15.1. The maximum Gasteiger partial charge on any atom is 0.0462 e. The lowest BCUT2D eigenvalue weighted by molar-refractivity contribution is 1.28. The van der Waals surface area contributed by atoms with E-state index in [0.717, 1.165) is 67.5 Å². The molecule has 0 aliphatic rings. The van der Waals surface area contributed by atoms with Crippen molar-refractivity contribution in [3.63, 3.8) is 0 Å². The van der Waals surface area contributed by atoms with Crippen LogP contribution in [0, 0.1) is 23.7 Å². The monoisotopic (exact) mass is 718 g/mol. The van der Waals surface area contributed by atoms with Gasteiger partial charge in [0.2, 0.25) is 0 Å². The Kier molecular flexibility index (Phi) is 12.2. The predicted octanol–water partition coefficient (Wildman–Crippen LogP) is 14.1. The molecule has 0 radical (unpaired) electrons. The molecule has 0 N–H and O–H groups in total. The molecule has 0 saturated heterocycles. The van der Waals surface area contributed by atoms with E-state index in [1.165, 1.54) is 0 Å². The molecule has 0 amide bonds. The van der Waals surface area contributed by atoms with Crippen LogP contribution in [-0.2, 0) is 0 Å². The van der Waals surface area contributed by atoms with Crippen molar-refractivity contribution in [3.05, 3.63) is 241 Å². The fourth-order valence-corrected chi connectivity index (χ4v) is 6.37. The smallest absolute Gasteiger partial charge is 0.0462 e. The van der Waals surface area contributed by atoms with E-state index in [1.807, 2.05) is 38.1 Å². The minimum absolute atomic E-state index is 0.970. The van der Waals surface area contributed by atoms with Crippen LogP contribution in [0.15, 0.2) is 218 Å². The van der Waals surface area contributed by atoms with Gasteiger partial charge in [-0.15, -0.1) is 0 Å². The van der Waals surface area contributed by atoms with Gasteiger partial charge in [0.15, 0.2) is 0 Å². The molecule has 0 bridgehead atoms. The molecule has 2 nitrogen and oxygen atoms in total. The summed E-state index contributed by atoms with van der Waals surface area (Å²) in [4.78, 5) is 4.50. The zero-order chi connectivity index (χ0) is 38.4. The largest absolute Gasteiger partial charge is 0.311 e. The zero-order valence-corrected chi connectivity index (χ0v) is 31.7. The summed E-state index contributed by atoms with van der Waals surface area (Å²) in [5.41, 5.74) is 12.8. The molecule has 0 heterocycles. The zero-order valence-electron chi connectivity index (χ0n) is 31.7. The standard InChI is InChI=1S/C52H36N2.C2H6/c1-5-13-47(14-6-1)53(48-15-7-2-8-16-48)51-37-29-43(30-38-51)23-21-41-25-33-45(34-26-41)46-35-27-42(28-36-46)22-24-44-31-39-52(40-32-44)54(49-17-9-3-10-18-49)50-19-11-4-12-20-50;1-2/h1-20,25-40H;1-2H3. The van der Waals surface area contributed by atoms with Gasteiger partial charge < -0.3 is 9.80 Å². The second kappa shape index (κ2) is 18.5. The first-order valence-corrected chi connectivity index (χ1v) is 19.0. The minimum Gasteiger partial charge on any atom is -0.311 e. The molecule has 0 aromatic heterocycles. The Morgan fingerprint density at radius 1 is 0.232 bits per heavy atom. The van der Waals surface area contributed by atoms with E-state index in [0.29, 0.717) is 0 Å². The molecule has 0 unspecified atom stereocenters. The Hall–Kier alpha value is -7.52. The molecule has 8 rings (SSSR count). The Morgan fingerprint density at radius 2 is 0.429 bits per heavy atom. The van der Waals surface area contributed by atoms with Crippen molar-refractivity contribution in [1.29, 1.82) is 0 Å². The first-order chi connectivity index (χ1) is 27.8. The highest BCUT2D eigenvalue weighted by molar-refractivity contribution is 5.78. The van der Waals surface area contributed by atoms with Crippen molar-refractivity contribution < 1.29 is 0 Å². The molecule has 0 spiro atoms. The van der Waals surface area contributed by atoms with Crippen LogP contribution in [0.5, 0.6) is 0 Å². The highest BCUT2D eigenvalue weighted by Gasteiger charge is 2.12. The Morgan fingerprint density at radius 3 is 0.661 bits per heavy atom. The van der Waals surface area contributed by atoms with E-state index in [2.05, 4.69) is 228 Å². The number of hydrogen-bond donors (Lipinski definition) is 0. The molecule has 8 aromatic rings. The van der Waals surface area contributed by atoms with Gasteiger partial charge in [0.25, 0.3) is 0 Å². The first kappa shape index (κ1) is 36.8. The van der Waals surface area contributed by atoms with Crippen LogP contribution < -0.4 is 9.80 Å². The summed E-state index contributed by atoms with van der Waals surface area (Å²) < 4.78 is 0. The van der Waals surface area contributed by atoms with Crippen molar-refractivity contribution >= 4 is 34.1 Å². The maximum absolute atomic E-state index is 3.34. The molecule has 0 aliphatic carbocycles. The van der Waals surface area contributed by atoms with Gasteiger partial charge in [0, 0.05) is 56.4 Å². The average molecular weight is 719 g/mol. The van der Waals surface area contributed by atoms with Crippen molar-refractivity contribution in [1.82, 2.24) is 0 Å². The van der Waals surface area contributed by atoms with Gasteiger partial charge in [-0.05, 0) is 132 Å². The summed E-state index contributed by atoms with van der Waals surface area (Å²) in [6.07, 6.45) is 0. The van der Waals surface area contributed by atoms with E-state index in [4.69, 9.17) is 0 Å². The molecule has 268 valence electrons. The van der Waals surface area contributed by atoms with E-state index >= 15 is 0 Å². The van der Waals surface area contributed by atoms with Crippen LogP contribution in [0.1, 0.15) is 36.1 Å². The Bertz CT molecular complexity index is 2280. The minimum atomic E-state index is 0.970. The molecular weight excluding hydrogens is 677 g/mol. The van der Waals surface area contributed by atoms with Crippen molar-refractivity contribution in [2.45, 2.75) is 13.8 Å². The fourth-order valence-electron chi connectivity index (χ4n) is 6.37. The molecule has 0 atom stereocenters. The topological polar surface area (TPSA) is 6.48 Å². The van der Waals surface area contributed by atoms with Crippen molar-refractivity contribution in [3.8, 4) is 34.8 Å². The Labute approximate surface area is 332 Å². The van der Waals surface area contributed by atoms with Crippen LogP contribution in [0.4, 0.5) is 34.1 Å².